The second kappa shape index (κ2) is 9.89. The summed E-state index contributed by atoms with van der Waals surface area (Å²) in [6, 6.07) is 9.93. The molecule has 0 bridgehead atoms. The molecule has 0 aromatic heterocycles. The molecule has 0 aliphatic rings. The number of amides is 2. The molecule has 0 saturated heterocycles. The van der Waals surface area contributed by atoms with E-state index in [0.29, 0.717) is 6.07 Å². The summed E-state index contributed by atoms with van der Waals surface area (Å²) in [6.07, 6.45) is 0. The maximum Gasteiger partial charge on any atom is 0.251 e. The largest absolute Gasteiger partial charge is 0.350 e. The van der Waals surface area contributed by atoms with Gasteiger partial charge in [-0.15, -0.1) is 0 Å². The molecule has 0 saturated carbocycles. The lowest BCUT2D eigenvalue weighted by atomic mass is 10.2. The second-order valence-electron chi connectivity index (χ2n) is 6.11. The average Bonchev–Trinajstić information content (AvgIpc) is 2.70. The zero-order valence-corrected chi connectivity index (χ0v) is 16.2. The first-order valence-electron chi connectivity index (χ1n) is 8.48. The Hall–Kier alpha value is -3.39. The molecule has 30 heavy (non-hydrogen) atoms. The van der Waals surface area contributed by atoms with Crippen molar-refractivity contribution in [3.05, 3.63) is 71.0 Å². The van der Waals surface area contributed by atoms with Crippen LogP contribution < -0.4 is 10.6 Å². The number of hydrogen-bond acceptors (Lipinski definition) is 5. The summed E-state index contributed by atoms with van der Waals surface area (Å²) >= 11 is 0. The minimum Gasteiger partial charge on any atom is -0.350 e. The minimum atomic E-state index is -4.50. The lowest BCUT2D eigenvalue weighted by Crippen LogP contribution is -2.47. The van der Waals surface area contributed by atoms with Crippen molar-refractivity contribution in [2.45, 2.75) is 11.0 Å². The third-order valence-corrected chi connectivity index (χ3v) is 5.96. The van der Waals surface area contributed by atoms with E-state index in [0.717, 1.165) is 0 Å². The maximum absolute atomic E-state index is 13.9. The van der Waals surface area contributed by atoms with Gasteiger partial charge in [0.2, 0.25) is 5.91 Å². The number of benzene rings is 2. The Labute approximate surface area is 170 Å². The van der Waals surface area contributed by atoms with Crippen LogP contribution in [0.2, 0.25) is 0 Å². The molecule has 2 aromatic carbocycles. The van der Waals surface area contributed by atoms with Crippen molar-refractivity contribution in [1.29, 1.82) is 5.26 Å². The summed E-state index contributed by atoms with van der Waals surface area (Å²) in [5.41, 5.74) is -0.473. The van der Waals surface area contributed by atoms with Crippen molar-refractivity contribution in [3.63, 3.8) is 0 Å². The van der Waals surface area contributed by atoms with E-state index in [9.17, 15) is 31.2 Å². The highest BCUT2D eigenvalue weighted by Gasteiger charge is 2.34. The van der Waals surface area contributed by atoms with E-state index in [1.54, 1.807) is 24.3 Å². The molecule has 158 valence electrons. The van der Waals surface area contributed by atoms with Gasteiger partial charge in [0.25, 0.3) is 5.91 Å². The van der Waals surface area contributed by atoms with Crippen LogP contribution in [0, 0.1) is 28.8 Å². The number of sulfone groups is 1. The van der Waals surface area contributed by atoms with Gasteiger partial charge in [0, 0.05) is 23.7 Å². The molecule has 1 atom stereocenters. The Morgan fingerprint density at radius 1 is 1.00 bits per heavy atom. The predicted octanol–water partition coefficient (Wildman–Crippen LogP) is 1.46. The van der Waals surface area contributed by atoms with Crippen LogP contribution in [0.5, 0.6) is 0 Å². The zero-order chi connectivity index (χ0) is 22.3. The fourth-order valence-electron chi connectivity index (χ4n) is 2.49. The predicted molar refractivity (Wildman–Crippen MR) is 100 cm³/mol. The molecular formula is C19H16F3N3O4S. The molecule has 0 radical (unpaired) electrons. The summed E-state index contributed by atoms with van der Waals surface area (Å²) in [6.45, 7) is -1.18. The van der Waals surface area contributed by atoms with Crippen LogP contribution in [0.25, 0.3) is 0 Å². The number of nitrogens with one attached hydrogen (secondary N) is 2. The van der Waals surface area contributed by atoms with Gasteiger partial charge in [0.1, 0.15) is 12.4 Å². The van der Waals surface area contributed by atoms with Crippen LogP contribution in [-0.2, 0) is 20.4 Å². The van der Waals surface area contributed by atoms with Crippen molar-refractivity contribution in [1.82, 2.24) is 10.6 Å². The Morgan fingerprint density at radius 3 is 2.27 bits per heavy atom. The van der Waals surface area contributed by atoms with Crippen molar-refractivity contribution < 1.29 is 31.2 Å². The average molecular weight is 439 g/mol. The van der Waals surface area contributed by atoms with Gasteiger partial charge in [-0.3, -0.25) is 9.59 Å². The Morgan fingerprint density at radius 2 is 1.63 bits per heavy atom. The lowest BCUT2D eigenvalue weighted by Gasteiger charge is -2.18. The molecular weight excluding hydrogens is 423 g/mol. The molecule has 0 heterocycles. The third-order valence-electron chi connectivity index (χ3n) is 4.00. The van der Waals surface area contributed by atoms with Gasteiger partial charge >= 0.3 is 0 Å². The van der Waals surface area contributed by atoms with Crippen LogP contribution in [0.15, 0.2) is 42.5 Å². The summed E-state index contributed by atoms with van der Waals surface area (Å²) in [7, 11) is -4.50. The van der Waals surface area contributed by atoms with Crippen LogP contribution in [-0.4, -0.2) is 38.6 Å². The molecule has 2 aromatic rings. The van der Waals surface area contributed by atoms with Crippen molar-refractivity contribution in [2.75, 3.05) is 13.1 Å². The first-order valence-corrected chi connectivity index (χ1v) is 10.2. The van der Waals surface area contributed by atoms with E-state index in [-0.39, 0.29) is 11.6 Å². The summed E-state index contributed by atoms with van der Waals surface area (Å²) in [4.78, 5) is 24.4. The van der Waals surface area contributed by atoms with Gasteiger partial charge in [0.15, 0.2) is 26.7 Å². The van der Waals surface area contributed by atoms with E-state index in [1.807, 2.05) is 0 Å². The minimum absolute atomic E-state index is 0.197. The molecule has 1 unspecified atom stereocenters. The first kappa shape index (κ1) is 22.9. The highest BCUT2D eigenvalue weighted by atomic mass is 32.2. The molecule has 2 amide bonds. The first-order chi connectivity index (χ1) is 14.2. The SMILES string of the molecule is N#CCNC(=O)C(CNC(=O)c1ccccc1)S(=O)(=O)Cc1cc(F)c(F)cc1F. The Kier molecular flexibility index (Phi) is 7.54. The van der Waals surface area contributed by atoms with Gasteiger partial charge in [-0.2, -0.15) is 5.26 Å². The van der Waals surface area contributed by atoms with Crippen LogP contribution in [0.3, 0.4) is 0 Å². The summed E-state index contributed by atoms with van der Waals surface area (Å²) in [5.74, 6) is -7.14. The van der Waals surface area contributed by atoms with Crippen LogP contribution in [0.1, 0.15) is 15.9 Å². The highest BCUT2D eigenvalue weighted by molar-refractivity contribution is 7.92. The van der Waals surface area contributed by atoms with E-state index in [4.69, 9.17) is 5.26 Å². The van der Waals surface area contributed by atoms with E-state index in [1.165, 1.54) is 12.1 Å². The van der Waals surface area contributed by atoms with Crippen molar-refractivity contribution >= 4 is 21.7 Å². The number of nitriles is 1. The Balaban J connectivity index is 2.26. The van der Waals surface area contributed by atoms with Gasteiger partial charge in [-0.05, 0) is 18.2 Å². The second-order valence-corrected chi connectivity index (χ2v) is 8.29. The third kappa shape index (κ3) is 5.81. The standard InChI is InChI=1S/C19H16F3N3O4S/c20-14-9-16(22)15(21)8-13(14)11-30(28,29)17(19(27)24-7-6-23)10-25-18(26)12-4-2-1-3-5-12/h1-5,8-9,17H,7,10-11H2,(H,24,27)(H,25,26). The molecule has 7 nitrogen and oxygen atoms in total. The molecule has 0 spiro atoms. The number of carbonyl (C=O) groups excluding carboxylic acids is 2. The normalized spacial score (nSPS) is 11.9. The highest BCUT2D eigenvalue weighted by Crippen LogP contribution is 2.18. The van der Waals surface area contributed by atoms with Gasteiger partial charge in [-0.1, -0.05) is 18.2 Å². The molecule has 0 aliphatic heterocycles. The van der Waals surface area contributed by atoms with Gasteiger partial charge < -0.3 is 10.6 Å². The molecule has 2 rings (SSSR count). The Bertz CT molecular complexity index is 1090. The number of hydrogen-bond donors (Lipinski definition) is 2. The lowest BCUT2D eigenvalue weighted by molar-refractivity contribution is -0.120. The van der Waals surface area contributed by atoms with Crippen molar-refractivity contribution in [3.8, 4) is 6.07 Å². The van der Waals surface area contributed by atoms with E-state index < -0.39 is 68.8 Å². The topological polar surface area (TPSA) is 116 Å². The summed E-state index contributed by atoms with van der Waals surface area (Å²) < 4.78 is 65.8. The fourth-order valence-corrected chi connectivity index (χ4v) is 4.09. The molecule has 2 N–H and O–H groups in total. The molecule has 0 aliphatic carbocycles. The smallest absolute Gasteiger partial charge is 0.251 e. The monoisotopic (exact) mass is 439 g/mol. The van der Waals surface area contributed by atoms with E-state index >= 15 is 0 Å². The summed E-state index contributed by atoms with van der Waals surface area (Å²) in [5, 5.41) is 11.0. The van der Waals surface area contributed by atoms with Crippen LogP contribution >= 0.6 is 0 Å². The molecule has 11 heteroatoms. The number of carbonyl (C=O) groups is 2. The zero-order valence-electron chi connectivity index (χ0n) is 15.4. The number of halogens is 3. The fraction of sp³-hybridized carbons (Fsp3) is 0.211. The molecule has 0 fully saturated rings. The maximum atomic E-state index is 13.9. The van der Waals surface area contributed by atoms with E-state index in [2.05, 4.69) is 10.6 Å². The van der Waals surface area contributed by atoms with Gasteiger partial charge in [-0.25, -0.2) is 21.6 Å². The number of rotatable bonds is 8. The quantitative estimate of drug-likeness (QED) is 0.477. The van der Waals surface area contributed by atoms with Gasteiger partial charge in [0.05, 0.1) is 11.8 Å². The van der Waals surface area contributed by atoms with Crippen molar-refractivity contribution in [2.24, 2.45) is 0 Å². The number of nitrogens with zero attached hydrogens (tertiary/aromatic N) is 1. The van der Waals surface area contributed by atoms with Crippen LogP contribution in [0.4, 0.5) is 13.2 Å².